The highest BCUT2D eigenvalue weighted by Gasteiger charge is 2.16. The molecule has 1 amide bonds. The smallest absolute Gasteiger partial charge is 0.255 e. The van der Waals surface area contributed by atoms with Gasteiger partial charge in [0.05, 0.1) is 12.7 Å². The molecule has 1 aliphatic rings. The molecule has 3 rings (SSSR count). The zero-order valence-corrected chi connectivity index (χ0v) is 14.4. The number of hydrogen-bond acceptors (Lipinski definition) is 4. The van der Waals surface area contributed by atoms with Gasteiger partial charge in [-0.05, 0) is 42.7 Å². The Morgan fingerprint density at radius 3 is 2.92 bits per heavy atom. The van der Waals surface area contributed by atoms with Crippen molar-refractivity contribution in [1.82, 2.24) is 0 Å². The number of nitrogens with one attached hydrogen (secondary N) is 1. The summed E-state index contributed by atoms with van der Waals surface area (Å²) in [4.78, 5) is 12.4. The van der Waals surface area contributed by atoms with Crippen molar-refractivity contribution in [2.45, 2.75) is 25.6 Å². The highest BCUT2D eigenvalue weighted by Crippen LogP contribution is 2.20. The van der Waals surface area contributed by atoms with Gasteiger partial charge in [0.15, 0.2) is 0 Å². The average molecular weight is 341 g/mol. The lowest BCUT2D eigenvalue weighted by Crippen LogP contribution is -2.16. The molecule has 0 radical (unpaired) electrons. The van der Waals surface area contributed by atoms with Crippen molar-refractivity contribution in [2.75, 3.05) is 25.6 Å². The molecule has 0 bridgehead atoms. The topological polar surface area (TPSA) is 56.8 Å². The zero-order valence-electron chi connectivity index (χ0n) is 14.4. The Labute approximate surface area is 147 Å². The third-order valence-electron chi connectivity index (χ3n) is 4.05. The van der Waals surface area contributed by atoms with Crippen LogP contribution < -0.4 is 10.1 Å². The van der Waals surface area contributed by atoms with Gasteiger partial charge in [-0.3, -0.25) is 4.79 Å². The standard InChI is InChI=1S/C20H23NO4/c1-23-13-15-5-2-6-16(11-15)20(22)21-17-7-3-8-18(12-17)25-14-19-9-4-10-24-19/h2-3,5-8,11-12,19H,4,9-10,13-14H2,1H3,(H,21,22). The molecule has 132 valence electrons. The predicted molar refractivity (Wildman–Crippen MR) is 96.0 cm³/mol. The maximum Gasteiger partial charge on any atom is 0.255 e. The van der Waals surface area contributed by atoms with E-state index in [-0.39, 0.29) is 12.0 Å². The summed E-state index contributed by atoms with van der Waals surface area (Å²) in [5.74, 6) is 0.565. The van der Waals surface area contributed by atoms with E-state index in [0.717, 1.165) is 30.8 Å². The Hall–Kier alpha value is -2.37. The lowest BCUT2D eigenvalue weighted by molar-refractivity contribution is 0.0680. The van der Waals surface area contributed by atoms with Gasteiger partial charge in [-0.25, -0.2) is 0 Å². The molecule has 1 unspecified atom stereocenters. The van der Waals surface area contributed by atoms with Crippen LogP contribution in [0.3, 0.4) is 0 Å². The molecule has 0 spiro atoms. The SMILES string of the molecule is COCc1cccc(C(=O)Nc2cccc(OCC3CCCO3)c2)c1. The molecule has 1 saturated heterocycles. The van der Waals surface area contributed by atoms with Gasteiger partial charge in [0.1, 0.15) is 12.4 Å². The third-order valence-corrected chi connectivity index (χ3v) is 4.05. The minimum Gasteiger partial charge on any atom is -0.491 e. The van der Waals surface area contributed by atoms with Gasteiger partial charge >= 0.3 is 0 Å². The van der Waals surface area contributed by atoms with E-state index in [1.165, 1.54) is 0 Å². The van der Waals surface area contributed by atoms with E-state index >= 15 is 0 Å². The number of benzene rings is 2. The van der Waals surface area contributed by atoms with Crippen molar-refractivity contribution in [3.05, 3.63) is 59.7 Å². The van der Waals surface area contributed by atoms with Crippen LogP contribution in [0.25, 0.3) is 0 Å². The summed E-state index contributed by atoms with van der Waals surface area (Å²) in [7, 11) is 1.63. The quantitative estimate of drug-likeness (QED) is 0.835. The van der Waals surface area contributed by atoms with Crippen LogP contribution >= 0.6 is 0 Å². The number of amides is 1. The van der Waals surface area contributed by atoms with E-state index in [0.29, 0.717) is 24.5 Å². The van der Waals surface area contributed by atoms with Crippen molar-refractivity contribution in [3.8, 4) is 5.75 Å². The van der Waals surface area contributed by atoms with Gasteiger partial charge in [-0.1, -0.05) is 18.2 Å². The second-order valence-electron chi connectivity index (χ2n) is 6.06. The molecule has 2 aromatic carbocycles. The molecular formula is C20H23NO4. The van der Waals surface area contributed by atoms with Crippen LogP contribution in [0.2, 0.25) is 0 Å². The Morgan fingerprint density at radius 1 is 1.24 bits per heavy atom. The second-order valence-corrected chi connectivity index (χ2v) is 6.06. The minimum atomic E-state index is -0.158. The zero-order chi connectivity index (χ0) is 17.5. The minimum absolute atomic E-state index is 0.158. The number of rotatable bonds is 7. The van der Waals surface area contributed by atoms with Crippen LogP contribution in [0.5, 0.6) is 5.75 Å². The van der Waals surface area contributed by atoms with Gasteiger partial charge in [0, 0.05) is 31.0 Å². The molecule has 0 aliphatic carbocycles. The summed E-state index contributed by atoms with van der Waals surface area (Å²) in [6.07, 6.45) is 2.29. The summed E-state index contributed by atoms with van der Waals surface area (Å²) >= 11 is 0. The summed E-state index contributed by atoms with van der Waals surface area (Å²) in [6, 6.07) is 14.8. The maximum atomic E-state index is 12.4. The first kappa shape index (κ1) is 17.5. The Kier molecular flexibility index (Phi) is 6.04. The van der Waals surface area contributed by atoms with Crippen LogP contribution in [0.15, 0.2) is 48.5 Å². The average Bonchev–Trinajstić information content (AvgIpc) is 3.14. The largest absolute Gasteiger partial charge is 0.491 e. The fourth-order valence-electron chi connectivity index (χ4n) is 2.80. The van der Waals surface area contributed by atoms with E-state index in [4.69, 9.17) is 14.2 Å². The molecule has 1 heterocycles. The van der Waals surface area contributed by atoms with Crippen molar-refractivity contribution in [2.24, 2.45) is 0 Å². The molecule has 25 heavy (non-hydrogen) atoms. The van der Waals surface area contributed by atoms with Crippen LogP contribution in [0.4, 0.5) is 5.69 Å². The van der Waals surface area contributed by atoms with Crippen molar-refractivity contribution in [1.29, 1.82) is 0 Å². The molecular weight excluding hydrogens is 318 g/mol. The van der Waals surface area contributed by atoms with Gasteiger partial charge in [-0.2, -0.15) is 0 Å². The first-order chi connectivity index (χ1) is 12.2. The van der Waals surface area contributed by atoms with Gasteiger partial charge < -0.3 is 19.5 Å². The van der Waals surface area contributed by atoms with Crippen LogP contribution in [-0.2, 0) is 16.1 Å². The molecule has 1 atom stereocenters. The third kappa shape index (κ3) is 5.05. The normalized spacial score (nSPS) is 16.6. The molecule has 0 saturated carbocycles. The number of carbonyl (C=O) groups is 1. The number of anilines is 1. The van der Waals surface area contributed by atoms with Crippen LogP contribution in [0.1, 0.15) is 28.8 Å². The maximum absolute atomic E-state index is 12.4. The summed E-state index contributed by atoms with van der Waals surface area (Å²) < 4.78 is 16.4. The highest BCUT2D eigenvalue weighted by atomic mass is 16.5. The number of methoxy groups -OCH3 is 1. The fourth-order valence-corrected chi connectivity index (χ4v) is 2.80. The van der Waals surface area contributed by atoms with E-state index in [1.807, 2.05) is 42.5 Å². The monoisotopic (exact) mass is 341 g/mol. The molecule has 2 aromatic rings. The van der Waals surface area contributed by atoms with Gasteiger partial charge in [0.2, 0.25) is 0 Å². The fraction of sp³-hybridized carbons (Fsp3) is 0.350. The van der Waals surface area contributed by atoms with Crippen molar-refractivity contribution >= 4 is 11.6 Å². The summed E-state index contributed by atoms with van der Waals surface area (Å²) in [6.45, 7) is 1.83. The first-order valence-corrected chi connectivity index (χ1v) is 8.48. The molecule has 5 nitrogen and oxygen atoms in total. The lowest BCUT2D eigenvalue weighted by atomic mass is 10.1. The highest BCUT2D eigenvalue weighted by molar-refractivity contribution is 6.04. The Bertz CT molecular complexity index is 710. The van der Waals surface area contributed by atoms with E-state index < -0.39 is 0 Å². The Morgan fingerprint density at radius 2 is 2.12 bits per heavy atom. The lowest BCUT2D eigenvalue weighted by Gasteiger charge is -2.13. The van der Waals surface area contributed by atoms with E-state index in [2.05, 4.69) is 5.32 Å². The van der Waals surface area contributed by atoms with Gasteiger partial charge in [0.25, 0.3) is 5.91 Å². The molecule has 1 fully saturated rings. The van der Waals surface area contributed by atoms with Gasteiger partial charge in [-0.15, -0.1) is 0 Å². The van der Waals surface area contributed by atoms with E-state index in [9.17, 15) is 4.79 Å². The van der Waals surface area contributed by atoms with Crippen LogP contribution in [-0.4, -0.2) is 32.3 Å². The number of hydrogen-bond donors (Lipinski definition) is 1. The molecule has 1 aliphatic heterocycles. The summed E-state index contributed by atoms with van der Waals surface area (Å²) in [5, 5.41) is 2.90. The summed E-state index contributed by atoms with van der Waals surface area (Å²) in [5.41, 5.74) is 2.26. The molecule has 0 aromatic heterocycles. The molecule has 5 heteroatoms. The van der Waals surface area contributed by atoms with Crippen molar-refractivity contribution < 1.29 is 19.0 Å². The van der Waals surface area contributed by atoms with Crippen molar-refractivity contribution in [3.63, 3.8) is 0 Å². The first-order valence-electron chi connectivity index (χ1n) is 8.48. The molecule has 1 N–H and O–H groups in total. The Balaban J connectivity index is 1.60. The number of ether oxygens (including phenoxy) is 3. The van der Waals surface area contributed by atoms with E-state index in [1.54, 1.807) is 13.2 Å². The predicted octanol–water partition coefficient (Wildman–Crippen LogP) is 3.64. The van der Waals surface area contributed by atoms with Crippen LogP contribution in [0, 0.1) is 0 Å². The number of carbonyl (C=O) groups excluding carboxylic acids is 1. The second kappa shape index (κ2) is 8.65.